The number of unbranched alkanes of at least 4 members (excludes halogenated alkanes) is 3. The van der Waals surface area contributed by atoms with Crippen LogP contribution in [0.15, 0.2) is 53.5 Å². The van der Waals surface area contributed by atoms with Gasteiger partial charge >= 0.3 is 0 Å². The van der Waals surface area contributed by atoms with Crippen LogP contribution in [0.25, 0.3) is 16.5 Å². The Bertz CT molecular complexity index is 1180. The average Bonchev–Trinajstić information content (AvgIpc) is 3.89. The molecule has 0 aliphatic heterocycles. The average molecular weight is 550 g/mol. The molecule has 5 rings (SSSR count). The number of pyridine rings is 1. The summed E-state index contributed by atoms with van der Waals surface area (Å²) in [7, 11) is 0. The maximum atomic E-state index is 13.7. The molecule has 2 aliphatic rings. The van der Waals surface area contributed by atoms with Crippen molar-refractivity contribution in [2.75, 3.05) is 0 Å². The lowest BCUT2D eigenvalue weighted by Crippen LogP contribution is -2.17. The molecule has 0 amide bonds. The Morgan fingerprint density at radius 3 is 2.00 bits per heavy atom. The predicted octanol–water partition coefficient (Wildman–Crippen LogP) is 11.5. The third kappa shape index (κ3) is 11.6. The Hall–Kier alpha value is -2.42. The molecule has 1 aromatic heterocycles. The molecule has 0 bridgehead atoms. The number of rotatable bonds is 9. The lowest BCUT2D eigenvalue weighted by Gasteiger charge is -2.09. The van der Waals surface area contributed by atoms with Crippen LogP contribution in [-0.2, 0) is 0 Å². The van der Waals surface area contributed by atoms with Gasteiger partial charge < -0.3 is 0 Å². The highest BCUT2D eigenvalue weighted by Gasteiger charge is 2.23. The first kappa shape index (κ1) is 33.8. The molecular weight excluding hydrogens is 493 g/mol. The van der Waals surface area contributed by atoms with Crippen molar-refractivity contribution in [3.05, 3.63) is 76.0 Å². The van der Waals surface area contributed by atoms with Crippen molar-refractivity contribution in [2.45, 2.75) is 131 Å². The van der Waals surface area contributed by atoms with Gasteiger partial charge in [0.1, 0.15) is 5.82 Å². The molecule has 2 nitrogen and oxygen atoms in total. The van der Waals surface area contributed by atoms with Crippen LogP contribution in [-0.4, -0.2) is 4.57 Å². The molecule has 2 saturated carbocycles. The molecule has 3 aromatic rings. The third-order valence-corrected chi connectivity index (χ3v) is 8.12. The second kappa shape index (κ2) is 18.1. The van der Waals surface area contributed by atoms with Crippen LogP contribution in [0.4, 0.5) is 4.39 Å². The van der Waals surface area contributed by atoms with Gasteiger partial charge in [-0.25, -0.2) is 4.39 Å². The summed E-state index contributed by atoms with van der Waals surface area (Å²) in [6.07, 6.45) is 18.3. The van der Waals surface area contributed by atoms with Crippen LogP contribution in [0.3, 0.4) is 0 Å². The zero-order chi connectivity index (χ0) is 29.5. The fraction of sp³-hybridized carbons (Fsp3) is 0.595. The number of halogens is 1. The van der Waals surface area contributed by atoms with Gasteiger partial charge in [0.2, 0.25) is 0 Å². The summed E-state index contributed by atoms with van der Waals surface area (Å²) in [5, 5.41) is 1.63. The number of fused-ring (bicyclic) bond motifs is 1. The van der Waals surface area contributed by atoms with Crippen LogP contribution in [0.1, 0.15) is 136 Å². The van der Waals surface area contributed by atoms with E-state index in [1.165, 1.54) is 93.2 Å². The standard InChI is InChI=1S/C19H16FNO.C7H16.C6H14.C5H10/c1-12-2-6-16(11-18(12)20)21-9-8-15-10-14(13-3-4-13)5-7-17(15)19(21)22;1-4-6-7(3)5-2;1-3-5-6-4-2;1-2-5-3-4-5/h2,5-11,13H,3-4H2,1H3;7H,4-6H2,1-3H3;3-6H2,1-2H3;5H,2-4H2,1H3. The fourth-order valence-electron chi connectivity index (χ4n) is 4.59. The van der Waals surface area contributed by atoms with E-state index in [0.29, 0.717) is 22.6 Å². The Balaban J connectivity index is 0.000000254. The largest absolute Gasteiger partial charge is 0.284 e. The maximum Gasteiger partial charge on any atom is 0.262 e. The van der Waals surface area contributed by atoms with E-state index in [9.17, 15) is 9.18 Å². The molecule has 1 atom stereocenters. The van der Waals surface area contributed by atoms with Gasteiger partial charge in [0.05, 0.1) is 5.69 Å². The summed E-state index contributed by atoms with van der Waals surface area (Å²) in [4.78, 5) is 12.7. The van der Waals surface area contributed by atoms with Gasteiger partial charge in [-0.2, -0.15) is 0 Å². The Kier molecular flexibility index (Phi) is 15.3. The number of aromatic nitrogens is 1. The maximum absolute atomic E-state index is 13.7. The highest BCUT2D eigenvalue weighted by Crippen LogP contribution is 2.40. The zero-order valence-corrected chi connectivity index (χ0v) is 26.6. The second-order valence-electron chi connectivity index (χ2n) is 11.9. The van der Waals surface area contributed by atoms with Crippen molar-refractivity contribution in [3.8, 4) is 5.69 Å². The number of hydrogen-bond acceptors (Lipinski definition) is 1. The van der Waals surface area contributed by atoms with Crippen molar-refractivity contribution < 1.29 is 4.39 Å². The fourth-order valence-corrected chi connectivity index (χ4v) is 4.59. The van der Waals surface area contributed by atoms with Gasteiger partial charge in [0.25, 0.3) is 5.56 Å². The summed E-state index contributed by atoms with van der Waals surface area (Å²) in [6, 6.07) is 12.8. The normalized spacial score (nSPS) is 14.7. The van der Waals surface area contributed by atoms with E-state index in [2.05, 4.69) is 47.6 Å². The molecule has 1 heterocycles. The first-order chi connectivity index (χ1) is 19.3. The van der Waals surface area contributed by atoms with Crippen LogP contribution in [0, 0.1) is 24.6 Å². The van der Waals surface area contributed by atoms with E-state index >= 15 is 0 Å². The highest BCUT2D eigenvalue weighted by atomic mass is 19.1. The van der Waals surface area contributed by atoms with E-state index in [1.807, 2.05) is 18.2 Å². The molecule has 0 spiro atoms. The van der Waals surface area contributed by atoms with Gasteiger partial charge in [-0.15, -0.1) is 0 Å². The first-order valence-corrected chi connectivity index (χ1v) is 16.2. The van der Waals surface area contributed by atoms with E-state index < -0.39 is 0 Å². The summed E-state index contributed by atoms with van der Waals surface area (Å²) in [5.41, 5.74) is 2.34. The van der Waals surface area contributed by atoms with Crippen LogP contribution >= 0.6 is 0 Å². The zero-order valence-electron chi connectivity index (χ0n) is 26.6. The molecule has 222 valence electrons. The molecular formula is C37H56FNO. The van der Waals surface area contributed by atoms with Gasteiger partial charge in [0, 0.05) is 11.6 Å². The van der Waals surface area contributed by atoms with Gasteiger partial charge in [0.15, 0.2) is 0 Å². The van der Waals surface area contributed by atoms with Crippen molar-refractivity contribution >= 4 is 10.8 Å². The summed E-state index contributed by atoms with van der Waals surface area (Å²) < 4.78 is 15.2. The number of aryl methyl sites for hydroxylation is 1. The lowest BCUT2D eigenvalue weighted by atomic mass is 10.0. The predicted molar refractivity (Wildman–Crippen MR) is 173 cm³/mol. The van der Waals surface area contributed by atoms with Crippen LogP contribution in [0.2, 0.25) is 0 Å². The smallest absolute Gasteiger partial charge is 0.262 e. The summed E-state index contributed by atoms with van der Waals surface area (Å²) >= 11 is 0. The molecule has 3 heteroatoms. The number of nitrogens with zero attached hydrogens (tertiary/aromatic N) is 1. The number of hydrogen-bond donors (Lipinski definition) is 0. The number of benzene rings is 2. The second-order valence-corrected chi connectivity index (χ2v) is 11.9. The molecule has 2 fully saturated rings. The topological polar surface area (TPSA) is 22.0 Å². The monoisotopic (exact) mass is 549 g/mol. The lowest BCUT2D eigenvalue weighted by molar-refractivity contribution is 0.509. The Morgan fingerprint density at radius 2 is 1.55 bits per heavy atom. The molecule has 0 N–H and O–H groups in total. The summed E-state index contributed by atoms with van der Waals surface area (Å²) in [6.45, 7) is 15.2. The molecule has 40 heavy (non-hydrogen) atoms. The van der Waals surface area contributed by atoms with Crippen molar-refractivity contribution in [3.63, 3.8) is 0 Å². The van der Waals surface area contributed by atoms with E-state index in [1.54, 1.807) is 25.3 Å². The third-order valence-electron chi connectivity index (χ3n) is 8.12. The van der Waals surface area contributed by atoms with E-state index in [0.717, 1.165) is 17.2 Å². The van der Waals surface area contributed by atoms with E-state index in [4.69, 9.17) is 0 Å². The van der Waals surface area contributed by atoms with Gasteiger partial charge in [-0.1, -0.05) is 124 Å². The first-order valence-electron chi connectivity index (χ1n) is 16.2. The van der Waals surface area contributed by atoms with Crippen molar-refractivity contribution in [1.29, 1.82) is 0 Å². The summed E-state index contributed by atoms with van der Waals surface area (Å²) in [5.74, 6) is 2.45. The minimum absolute atomic E-state index is 0.108. The van der Waals surface area contributed by atoms with Gasteiger partial charge in [-0.3, -0.25) is 9.36 Å². The molecule has 0 radical (unpaired) electrons. The SMILES string of the molecule is CCC1CC1.CCCC(C)CC.CCCCCC.Cc1ccc(-n2ccc3cc(C4CC4)ccc3c2=O)cc1F. The molecule has 0 saturated heterocycles. The minimum atomic E-state index is -0.298. The Labute approximate surface area is 244 Å². The van der Waals surface area contributed by atoms with Crippen LogP contribution in [0.5, 0.6) is 0 Å². The Morgan fingerprint density at radius 1 is 0.875 bits per heavy atom. The molecule has 1 unspecified atom stereocenters. The quantitative estimate of drug-likeness (QED) is 0.243. The minimum Gasteiger partial charge on any atom is -0.284 e. The molecule has 2 aromatic carbocycles. The van der Waals surface area contributed by atoms with Crippen molar-refractivity contribution in [1.82, 2.24) is 4.57 Å². The highest BCUT2D eigenvalue weighted by molar-refractivity contribution is 5.82. The molecule has 2 aliphatic carbocycles. The van der Waals surface area contributed by atoms with Crippen LogP contribution < -0.4 is 5.56 Å². The van der Waals surface area contributed by atoms with E-state index in [-0.39, 0.29) is 11.4 Å². The van der Waals surface area contributed by atoms with Gasteiger partial charge in [-0.05, 0) is 78.3 Å². The van der Waals surface area contributed by atoms with Crippen molar-refractivity contribution in [2.24, 2.45) is 11.8 Å².